The number of aromatic nitrogens is 1. The van der Waals surface area contributed by atoms with E-state index >= 15 is 0 Å². The second-order valence-electron chi connectivity index (χ2n) is 4.93. The maximum Gasteiger partial charge on any atom is 0.322 e. The Morgan fingerprint density at radius 1 is 1.50 bits per heavy atom. The molecule has 0 spiro atoms. The molecule has 0 aromatic carbocycles. The van der Waals surface area contributed by atoms with Gasteiger partial charge in [0.1, 0.15) is 0 Å². The normalized spacial score (nSPS) is 22.7. The van der Waals surface area contributed by atoms with Crippen molar-refractivity contribution in [1.82, 2.24) is 9.47 Å². The monoisotopic (exact) mass is 343 g/mol. The lowest BCUT2D eigenvalue weighted by Gasteiger charge is -2.37. The number of anilines is 1. The molecule has 2 amide bonds. The van der Waals surface area contributed by atoms with Crippen LogP contribution in [-0.4, -0.2) is 40.8 Å². The van der Waals surface area contributed by atoms with Crippen LogP contribution >= 0.6 is 15.9 Å². The highest BCUT2D eigenvalue weighted by Crippen LogP contribution is 2.16. The van der Waals surface area contributed by atoms with Crippen LogP contribution in [-0.2, 0) is 11.8 Å². The Hall–Kier alpha value is -1.34. The summed E-state index contributed by atoms with van der Waals surface area (Å²) in [5, 5.41) is 2.81. The standard InChI is InChI=1S/C13H18BrN3O3/c1-8-9(2)20-5-4-17(8)13(19)15-10-6-11(14)12(18)16(3)7-10/h6-9H,4-5H2,1-3H3,(H,15,19)/t8-,9+/m1/s1. The third-order valence-electron chi connectivity index (χ3n) is 3.54. The number of nitrogens with one attached hydrogen (secondary N) is 1. The van der Waals surface area contributed by atoms with E-state index in [0.717, 1.165) is 0 Å². The zero-order valence-corrected chi connectivity index (χ0v) is 13.3. The molecule has 1 N–H and O–H groups in total. The third-order valence-corrected chi connectivity index (χ3v) is 4.10. The van der Waals surface area contributed by atoms with Gasteiger partial charge in [0.05, 0.1) is 28.9 Å². The smallest absolute Gasteiger partial charge is 0.322 e. The Balaban J connectivity index is 2.13. The third kappa shape index (κ3) is 3.04. The van der Waals surface area contributed by atoms with Gasteiger partial charge >= 0.3 is 6.03 Å². The molecule has 20 heavy (non-hydrogen) atoms. The van der Waals surface area contributed by atoms with E-state index in [2.05, 4.69) is 21.2 Å². The quantitative estimate of drug-likeness (QED) is 0.845. The number of pyridine rings is 1. The largest absolute Gasteiger partial charge is 0.375 e. The Bertz CT molecular complexity index is 546. The molecule has 1 aliphatic heterocycles. The van der Waals surface area contributed by atoms with Crippen LogP contribution in [0.5, 0.6) is 0 Å². The lowest BCUT2D eigenvalue weighted by molar-refractivity contribution is -0.0355. The van der Waals surface area contributed by atoms with Crippen molar-refractivity contribution < 1.29 is 9.53 Å². The second-order valence-corrected chi connectivity index (χ2v) is 5.79. The van der Waals surface area contributed by atoms with Crippen LogP contribution in [0.25, 0.3) is 0 Å². The fourth-order valence-electron chi connectivity index (χ4n) is 2.15. The van der Waals surface area contributed by atoms with E-state index in [-0.39, 0.29) is 23.7 Å². The van der Waals surface area contributed by atoms with Crippen LogP contribution in [0, 0.1) is 0 Å². The van der Waals surface area contributed by atoms with E-state index in [1.54, 1.807) is 24.2 Å². The number of nitrogens with zero attached hydrogens (tertiary/aromatic N) is 2. The molecule has 7 heteroatoms. The number of hydrogen-bond acceptors (Lipinski definition) is 3. The second kappa shape index (κ2) is 5.97. The van der Waals surface area contributed by atoms with Crippen molar-refractivity contribution in [2.24, 2.45) is 7.05 Å². The summed E-state index contributed by atoms with van der Waals surface area (Å²) in [5.74, 6) is 0. The molecule has 1 fully saturated rings. The summed E-state index contributed by atoms with van der Waals surface area (Å²) >= 11 is 3.19. The summed E-state index contributed by atoms with van der Waals surface area (Å²) in [6, 6.07) is 1.44. The zero-order chi connectivity index (χ0) is 14.9. The van der Waals surface area contributed by atoms with Gasteiger partial charge in [0.2, 0.25) is 0 Å². The highest BCUT2D eigenvalue weighted by molar-refractivity contribution is 9.10. The van der Waals surface area contributed by atoms with Gasteiger partial charge in [-0.2, -0.15) is 0 Å². The number of halogens is 1. The summed E-state index contributed by atoms with van der Waals surface area (Å²) in [6.07, 6.45) is 1.61. The van der Waals surface area contributed by atoms with Crippen molar-refractivity contribution >= 4 is 27.6 Å². The minimum Gasteiger partial charge on any atom is -0.375 e. The molecule has 0 aliphatic carbocycles. The Labute approximate surface area is 125 Å². The van der Waals surface area contributed by atoms with Crippen molar-refractivity contribution in [3.63, 3.8) is 0 Å². The molecule has 0 bridgehead atoms. The molecule has 2 rings (SSSR count). The number of ether oxygens (including phenoxy) is 1. The maximum absolute atomic E-state index is 12.3. The Kier molecular flexibility index (Phi) is 4.49. The number of aryl methyl sites for hydroxylation is 1. The van der Waals surface area contributed by atoms with E-state index in [1.807, 2.05) is 13.8 Å². The highest BCUT2D eigenvalue weighted by atomic mass is 79.9. The van der Waals surface area contributed by atoms with Gasteiger partial charge in [0.15, 0.2) is 0 Å². The number of amides is 2. The molecule has 1 saturated heterocycles. The molecule has 2 atom stereocenters. The van der Waals surface area contributed by atoms with Crippen LogP contribution in [0.2, 0.25) is 0 Å². The van der Waals surface area contributed by atoms with Gasteiger partial charge < -0.3 is 19.5 Å². The van der Waals surface area contributed by atoms with E-state index in [9.17, 15) is 9.59 Å². The topological polar surface area (TPSA) is 63.6 Å². The lowest BCUT2D eigenvalue weighted by Crippen LogP contribution is -2.52. The number of morpholine rings is 1. The van der Waals surface area contributed by atoms with Gasteiger partial charge in [0.25, 0.3) is 5.56 Å². The summed E-state index contributed by atoms with van der Waals surface area (Å²) < 4.78 is 7.34. The van der Waals surface area contributed by atoms with Crippen molar-refractivity contribution in [1.29, 1.82) is 0 Å². The first-order chi connectivity index (χ1) is 9.40. The maximum atomic E-state index is 12.3. The van der Waals surface area contributed by atoms with Gasteiger partial charge in [-0.15, -0.1) is 0 Å². The first-order valence-electron chi connectivity index (χ1n) is 6.45. The predicted octanol–water partition coefficient (Wildman–Crippen LogP) is 1.79. The molecule has 0 radical (unpaired) electrons. The number of carbonyl (C=O) groups is 1. The Morgan fingerprint density at radius 2 is 2.20 bits per heavy atom. The van der Waals surface area contributed by atoms with Gasteiger partial charge in [0, 0.05) is 19.8 Å². The van der Waals surface area contributed by atoms with Crippen LogP contribution in [0.4, 0.5) is 10.5 Å². The predicted molar refractivity (Wildman–Crippen MR) is 80.0 cm³/mol. The molecule has 0 saturated carbocycles. The molecule has 110 valence electrons. The van der Waals surface area contributed by atoms with Crippen molar-refractivity contribution in [2.75, 3.05) is 18.5 Å². The van der Waals surface area contributed by atoms with Crippen LogP contribution in [0.15, 0.2) is 21.5 Å². The first-order valence-corrected chi connectivity index (χ1v) is 7.25. The van der Waals surface area contributed by atoms with Gasteiger partial charge in [-0.25, -0.2) is 4.79 Å². The number of carbonyl (C=O) groups excluding carboxylic acids is 1. The van der Waals surface area contributed by atoms with E-state index in [0.29, 0.717) is 23.3 Å². The number of urea groups is 1. The lowest BCUT2D eigenvalue weighted by atomic mass is 10.1. The zero-order valence-electron chi connectivity index (χ0n) is 11.7. The van der Waals surface area contributed by atoms with Crippen molar-refractivity contribution in [3.05, 3.63) is 27.1 Å². The number of hydrogen-bond donors (Lipinski definition) is 1. The fraction of sp³-hybridized carbons (Fsp3) is 0.538. The highest BCUT2D eigenvalue weighted by Gasteiger charge is 2.29. The van der Waals surface area contributed by atoms with E-state index in [4.69, 9.17) is 4.74 Å². The summed E-state index contributed by atoms with van der Waals surface area (Å²) in [4.78, 5) is 25.6. The van der Waals surface area contributed by atoms with Gasteiger partial charge in [-0.1, -0.05) is 0 Å². The van der Waals surface area contributed by atoms with E-state index in [1.165, 1.54) is 4.57 Å². The van der Waals surface area contributed by atoms with Gasteiger partial charge in [-0.05, 0) is 35.8 Å². The minimum absolute atomic E-state index is 0.0136. The van der Waals surface area contributed by atoms with Crippen LogP contribution in [0.1, 0.15) is 13.8 Å². The van der Waals surface area contributed by atoms with E-state index < -0.39 is 0 Å². The summed E-state index contributed by atoms with van der Waals surface area (Å²) in [5.41, 5.74) is 0.437. The van der Waals surface area contributed by atoms with Crippen molar-refractivity contribution in [2.45, 2.75) is 26.0 Å². The Morgan fingerprint density at radius 3 is 2.85 bits per heavy atom. The molecule has 1 aromatic rings. The first kappa shape index (κ1) is 15.1. The van der Waals surface area contributed by atoms with Crippen LogP contribution < -0.4 is 10.9 Å². The molecule has 6 nitrogen and oxygen atoms in total. The molecule has 1 aromatic heterocycles. The summed E-state index contributed by atoms with van der Waals surface area (Å²) in [6.45, 7) is 5.01. The number of rotatable bonds is 1. The molecule has 1 aliphatic rings. The average Bonchev–Trinajstić information content (AvgIpc) is 2.39. The average molecular weight is 344 g/mol. The van der Waals surface area contributed by atoms with Gasteiger partial charge in [-0.3, -0.25) is 4.79 Å². The molecular weight excluding hydrogens is 326 g/mol. The SMILES string of the molecule is C[C@@H]1OCCN(C(=O)Nc2cc(Br)c(=O)n(C)c2)[C@@H]1C. The summed E-state index contributed by atoms with van der Waals surface area (Å²) in [7, 11) is 1.64. The minimum atomic E-state index is -0.182. The molecule has 0 unspecified atom stereocenters. The molecule has 2 heterocycles. The van der Waals surface area contributed by atoms with Crippen LogP contribution in [0.3, 0.4) is 0 Å². The fourth-order valence-corrected chi connectivity index (χ4v) is 2.68. The van der Waals surface area contributed by atoms with Crippen molar-refractivity contribution in [3.8, 4) is 0 Å². The molecular formula is C13H18BrN3O3.